The Balaban J connectivity index is 1.50. The fourth-order valence-corrected chi connectivity index (χ4v) is 3.14. The number of anilines is 1. The van der Waals surface area contributed by atoms with Crippen molar-refractivity contribution in [2.24, 2.45) is 0 Å². The highest BCUT2D eigenvalue weighted by molar-refractivity contribution is 5.92. The molecular weight excluding hydrogens is 340 g/mol. The number of carbonyl (C=O) groups excluding carboxylic acids is 1. The molecule has 1 amide bonds. The number of carbonyl (C=O) groups is 1. The summed E-state index contributed by atoms with van der Waals surface area (Å²) in [7, 11) is 0. The fourth-order valence-electron chi connectivity index (χ4n) is 3.14. The summed E-state index contributed by atoms with van der Waals surface area (Å²) in [6.07, 6.45) is 4.24. The van der Waals surface area contributed by atoms with Crippen molar-refractivity contribution in [1.29, 1.82) is 0 Å². The largest absolute Gasteiger partial charge is 0.361 e. The minimum atomic E-state index is -0.0968. The number of rotatable bonds is 4. The van der Waals surface area contributed by atoms with Crippen LogP contribution in [0, 0.1) is 20.8 Å². The molecule has 0 aliphatic rings. The quantitative estimate of drug-likeness (QED) is 0.595. The Morgan fingerprint density at radius 1 is 1.15 bits per heavy atom. The molecule has 1 aromatic carbocycles. The molecule has 136 valence electrons. The zero-order chi connectivity index (χ0) is 19.0. The molecule has 0 unspecified atom stereocenters. The van der Waals surface area contributed by atoms with Crippen LogP contribution in [0.4, 0.5) is 5.69 Å². The van der Waals surface area contributed by atoms with Crippen LogP contribution < -0.4 is 5.32 Å². The Bertz CT molecular complexity index is 1100. The predicted molar refractivity (Wildman–Crippen MR) is 104 cm³/mol. The maximum Gasteiger partial charge on any atom is 0.228 e. The van der Waals surface area contributed by atoms with E-state index in [1.165, 1.54) is 0 Å². The molecule has 0 saturated carbocycles. The van der Waals surface area contributed by atoms with Gasteiger partial charge in [0, 0.05) is 29.2 Å². The number of aryl methyl sites for hydroxylation is 3. The minimum absolute atomic E-state index is 0.0968. The molecule has 0 bridgehead atoms. The van der Waals surface area contributed by atoms with Crippen molar-refractivity contribution < 1.29 is 9.32 Å². The molecule has 0 radical (unpaired) electrons. The number of aromatic nitrogens is 3. The Hall–Kier alpha value is -3.41. The first-order valence-electron chi connectivity index (χ1n) is 8.77. The molecule has 3 aromatic heterocycles. The maximum atomic E-state index is 12.3. The SMILES string of the molecule is Cc1noc(C)c1CC(=O)Nc1ccc(-c2cn3cccc(C)c3n2)cc1. The number of amides is 1. The third-order valence-corrected chi connectivity index (χ3v) is 4.66. The van der Waals surface area contributed by atoms with E-state index in [1.54, 1.807) is 0 Å². The van der Waals surface area contributed by atoms with Gasteiger partial charge in [-0.05, 0) is 44.5 Å². The molecule has 3 heterocycles. The predicted octanol–water partition coefficient (Wildman–Crippen LogP) is 4.10. The summed E-state index contributed by atoms with van der Waals surface area (Å²) in [5, 5.41) is 6.80. The van der Waals surface area contributed by atoms with Crippen molar-refractivity contribution in [2.75, 3.05) is 5.32 Å². The van der Waals surface area contributed by atoms with Crippen LogP contribution in [-0.2, 0) is 11.2 Å². The van der Waals surface area contributed by atoms with Crippen LogP contribution in [-0.4, -0.2) is 20.4 Å². The standard InChI is InChI=1S/C21H20N4O2/c1-13-5-4-10-25-12-19(23-21(13)25)16-6-8-17(9-7-16)22-20(26)11-18-14(2)24-27-15(18)3/h4-10,12H,11H2,1-3H3,(H,22,26). The molecule has 0 aliphatic carbocycles. The second-order valence-electron chi connectivity index (χ2n) is 6.65. The summed E-state index contributed by atoms with van der Waals surface area (Å²) in [5.74, 6) is 0.584. The van der Waals surface area contributed by atoms with Gasteiger partial charge >= 0.3 is 0 Å². The molecule has 6 heteroatoms. The first kappa shape index (κ1) is 17.0. The summed E-state index contributed by atoms with van der Waals surface area (Å²) in [5.41, 5.74) is 6.32. The van der Waals surface area contributed by atoms with Gasteiger partial charge in [-0.2, -0.15) is 0 Å². The molecule has 0 atom stereocenters. The Morgan fingerprint density at radius 3 is 2.59 bits per heavy atom. The molecule has 6 nitrogen and oxygen atoms in total. The molecule has 0 spiro atoms. The van der Waals surface area contributed by atoms with Gasteiger partial charge in [-0.1, -0.05) is 23.4 Å². The lowest BCUT2D eigenvalue weighted by atomic mass is 10.1. The molecule has 0 fully saturated rings. The first-order valence-corrected chi connectivity index (χ1v) is 8.77. The van der Waals surface area contributed by atoms with Crippen LogP contribution in [0.3, 0.4) is 0 Å². The van der Waals surface area contributed by atoms with E-state index in [9.17, 15) is 4.79 Å². The second kappa shape index (κ2) is 6.72. The van der Waals surface area contributed by atoms with Gasteiger partial charge in [-0.15, -0.1) is 0 Å². The lowest BCUT2D eigenvalue weighted by molar-refractivity contribution is -0.115. The Labute approximate surface area is 156 Å². The maximum absolute atomic E-state index is 12.3. The van der Waals surface area contributed by atoms with E-state index in [0.29, 0.717) is 5.76 Å². The average Bonchev–Trinajstić information content (AvgIpc) is 3.22. The van der Waals surface area contributed by atoms with E-state index in [0.717, 1.165) is 39.4 Å². The van der Waals surface area contributed by atoms with Crippen molar-refractivity contribution in [3.8, 4) is 11.3 Å². The van der Waals surface area contributed by atoms with E-state index in [-0.39, 0.29) is 12.3 Å². The summed E-state index contributed by atoms with van der Waals surface area (Å²) in [6.45, 7) is 5.70. The number of imidazole rings is 1. The van der Waals surface area contributed by atoms with E-state index < -0.39 is 0 Å². The van der Waals surface area contributed by atoms with E-state index in [4.69, 9.17) is 9.51 Å². The Kier molecular flexibility index (Phi) is 4.24. The fraction of sp³-hybridized carbons (Fsp3) is 0.190. The summed E-state index contributed by atoms with van der Waals surface area (Å²) in [4.78, 5) is 17.0. The average molecular weight is 360 g/mol. The normalized spacial score (nSPS) is 11.1. The van der Waals surface area contributed by atoms with Crippen molar-refractivity contribution in [2.45, 2.75) is 27.2 Å². The van der Waals surface area contributed by atoms with Crippen molar-refractivity contribution in [1.82, 2.24) is 14.5 Å². The van der Waals surface area contributed by atoms with Gasteiger partial charge in [0.05, 0.1) is 17.8 Å². The van der Waals surface area contributed by atoms with Gasteiger partial charge in [0.25, 0.3) is 0 Å². The summed E-state index contributed by atoms with van der Waals surface area (Å²) >= 11 is 0. The van der Waals surface area contributed by atoms with Gasteiger partial charge in [0.2, 0.25) is 5.91 Å². The van der Waals surface area contributed by atoms with Crippen molar-refractivity contribution in [3.63, 3.8) is 0 Å². The second-order valence-corrected chi connectivity index (χ2v) is 6.65. The van der Waals surface area contributed by atoms with Gasteiger partial charge in [-0.3, -0.25) is 4.79 Å². The van der Waals surface area contributed by atoms with Crippen molar-refractivity contribution in [3.05, 3.63) is 71.4 Å². The zero-order valence-electron chi connectivity index (χ0n) is 15.5. The van der Waals surface area contributed by atoms with Crippen molar-refractivity contribution >= 4 is 17.2 Å². The number of hydrogen-bond donors (Lipinski definition) is 1. The molecule has 0 aliphatic heterocycles. The number of benzene rings is 1. The van der Waals surface area contributed by atoms with Crippen LogP contribution in [0.15, 0.2) is 53.3 Å². The third-order valence-electron chi connectivity index (χ3n) is 4.66. The van der Waals surface area contributed by atoms with Crippen LogP contribution in [0.5, 0.6) is 0 Å². The molecule has 4 aromatic rings. The number of hydrogen-bond acceptors (Lipinski definition) is 4. The van der Waals surface area contributed by atoms with Gasteiger partial charge < -0.3 is 14.2 Å². The molecular formula is C21H20N4O2. The van der Waals surface area contributed by atoms with Gasteiger partial charge in [-0.25, -0.2) is 4.98 Å². The summed E-state index contributed by atoms with van der Waals surface area (Å²) < 4.78 is 7.12. The molecule has 27 heavy (non-hydrogen) atoms. The lowest BCUT2D eigenvalue weighted by Crippen LogP contribution is -2.15. The summed E-state index contributed by atoms with van der Waals surface area (Å²) in [6, 6.07) is 11.7. The monoisotopic (exact) mass is 360 g/mol. The molecule has 0 saturated heterocycles. The van der Waals surface area contributed by atoms with Crippen LogP contribution >= 0.6 is 0 Å². The van der Waals surface area contributed by atoms with Crippen LogP contribution in [0.2, 0.25) is 0 Å². The third kappa shape index (κ3) is 3.33. The first-order chi connectivity index (χ1) is 13.0. The number of pyridine rings is 1. The number of nitrogens with one attached hydrogen (secondary N) is 1. The zero-order valence-corrected chi connectivity index (χ0v) is 15.5. The van der Waals surface area contributed by atoms with Gasteiger partial charge in [0.15, 0.2) is 0 Å². The van der Waals surface area contributed by atoms with Crippen LogP contribution in [0.1, 0.15) is 22.6 Å². The Morgan fingerprint density at radius 2 is 1.93 bits per heavy atom. The number of fused-ring (bicyclic) bond motifs is 1. The van der Waals surface area contributed by atoms with E-state index >= 15 is 0 Å². The molecule has 4 rings (SSSR count). The molecule has 1 N–H and O–H groups in total. The van der Waals surface area contributed by atoms with Crippen LogP contribution in [0.25, 0.3) is 16.9 Å². The smallest absolute Gasteiger partial charge is 0.228 e. The highest BCUT2D eigenvalue weighted by atomic mass is 16.5. The number of nitrogens with zero attached hydrogens (tertiary/aromatic N) is 3. The van der Waals surface area contributed by atoms with E-state index in [2.05, 4.69) is 10.5 Å². The van der Waals surface area contributed by atoms with Gasteiger partial charge in [0.1, 0.15) is 11.4 Å². The minimum Gasteiger partial charge on any atom is -0.361 e. The van der Waals surface area contributed by atoms with E-state index in [1.807, 2.05) is 74.0 Å². The highest BCUT2D eigenvalue weighted by Gasteiger charge is 2.13. The topological polar surface area (TPSA) is 72.4 Å². The highest BCUT2D eigenvalue weighted by Crippen LogP contribution is 2.23. The lowest BCUT2D eigenvalue weighted by Gasteiger charge is -2.06.